The summed E-state index contributed by atoms with van der Waals surface area (Å²) in [6, 6.07) is 5.02. The average Bonchev–Trinajstić information content (AvgIpc) is 2.44. The highest BCUT2D eigenvalue weighted by Crippen LogP contribution is 2.41. The Hall–Kier alpha value is -2.90. The molecule has 0 saturated heterocycles. The Morgan fingerprint density at radius 2 is 1.95 bits per heavy atom. The molecule has 0 aliphatic rings. The molecule has 0 atom stereocenters. The maximum absolute atomic E-state index is 11.3. The van der Waals surface area contributed by atoms with Gasteiger partial charge in [0.25, 0.3) is 0 Å². The summed E-state index contributed by atoms with van der Waals surface area (Å²) in [6.07, 6.45) is 0. The van der Waals surface area contributed by atoms with Gasteiger partial charge in [-0.3, -0.25) is 10.1 Å². The van der Waals surface area contributed by atoms with Gasteiger partial charge in [-0.2, -0.15) is 0 Å². The number of ether oxygens (including phenoxy) is 2. The van der Waals surface area contributed by atoms with Crippen molar-refractivity contribution in [3.05, 3.63) is 34.0 Å². The molecule has 2 rings (SSSR count). The molecule has 1 aromatic heterocycles. The first-order chi connectivity index (χ1) is 9.99. The standard InChI is InChI=1S/C13H14N4O4/c1-7-11(17(18)19)10(16-13(14)15-7)8-5-4-6-9(20-2)12(8)21-3/h4-6H,1-3H3,(H2,14,15,16). The van der Waals surface area contributed by atoms with Crippen molar-refractivity contribution in [3.8, 4) is 22.8 Å². The number of methoxy groups -OCH3 is 2. The maximum atomic E-state index is 11.3. The van der Waals surface area contributed by atoms with Gasteiger partial charge in [-0.15, -0.1) is 0 Å². The Morgan fingerprint density at radius 3 is 2.52 bits per heavy atom. The van der Waals surface area contributed by atoms with E-state index in [4.69, 9.17) is 15.2 Å². The minimum atomic E-state index is -0.539. The van der Waals surface area contributed by atoms with Gasteiger partial charge >= 0.3 is 5.69 Å². The molecular weight excluding hydrogens is 276 g/mol. The third-order valence-corrected chi connectivity index (χ3v) is 2.92. The van der Waals surface area contributed by atoms with Gasteiger partial charge in [0, 0.05) is 0 Å². The van der Waals surface area contributed by atoms with Crippen LogP contribution in [0.25, 0.3) is 11.3 Å². The van der Waals surface area contributed by atoms with E-state index in [1.165, 1.54) is 21.1 Å². The van der Waals surface area contributed by atoms with Crippen molar-refractivity contribution in [3.63, 3.8) is 0 Å². The number of nitrogen functional groups attached to an aromatic ring is 1. The summed E-state index contributed by atoms with van der Waals surface area (Å²) in [7, 11) is 2.93. The molecule has 0 aliphatic carbocycles. The van der Waals surface area contributed by atoms with Crippen LogP contribution in [0.4, 0.5) is 11.6 Å². The van der Waals surface area contributed by atoms with Crippen LogP contribution in [0.5, 0.6) is 11.5 Å². The number of para-hydroxylation sites is 1. The largest absolute Gasteiger partial charge is 0.493 e. The monoisotopic (exact) mass is 290 g/mol. The lowest BCUT2D eigenvalue weighted by molar-refractivity contribution is -0.385. The van der Waals surface area contributed by atoms with Crippen LogP contribution < -0.4 is 15.2 Å². The van der Waals surface area contributed by atoms with E-state index in [9.17, 15) is 10.1 Å². The van der Waals surface area contributed by atoms with Crippen molar-refractivity contribution in [2.24, 2.45) is 0 Å². The number of aryl methyl sites for hydroxylation is 1. The molecule has 0 saturated carbocycles. The maximum Gasteiger partial charge on any atom is 0.316 e. The third-order valence-electron chi connectivity index (χ3n) is 2.92. The highest BCUT2D eigenvalue weighted by Gasteiger charge is 2.26. The minimum Gasteiger partial charge on any atom is -0.493 e. The molecule has 0 aliphatic heterocycles. The van der Waals surface area contributed by atoms with Crippen molar-refractivity contribution in [1.29, 1.82) is 0 Å². The van der Waals surface area contributed by atoms with E-state index in [0.29, 0.717) is 17.1 Å². The van der Waals surface area contributed by atoms with Gasteiger partial charge < -0.3 is 15.2 Å². The Balaban J connectivity index is 2.81. The number of hydrogen-bond donors (Lipinski definition) is 1. The number of nitro groups is 1. The van der Waals surface area contributed by atoms with Crippen molar-refractivity contribution in [2.75, 3.05) is 20.0 Å². The van der Waals surface area contributed by atoms with Crippen LogP contribution in [0.1, 0.15) is 5.69 Å². The predicted molar refractivity (Wildman–Crippen MR) is 76.4 cm³/mol. The molecule has 1 heterocycles. The first-order valence-electron chi connectivity index (χ1n) is 5.99. The highest BCUT2D eigenvalue weighted by molar-refractivity contribution is 5.78. The van der Waals surface area contributed by atoms with Crippen LogP contribution in [-0.4, -0.2) is 29.1 Å². The molecule has 0 fully saturated rings. The molecule has 0 radical (unpaired) electrons. The Morgan fingerprint density at radius 1 is 1.24 bits per heavy atom. The SMILES string of the molecule is COc1cccc(-c2nc(N)nc(C)c2[N+](=O)[O-])c1OC. The second-order valence-corrected chi connectivity index (χ2v) is 4.16. The lowest BCUT2D eigenvalue weighted by Crippen LogP contribution is -2.05. The average molecular weight is 290 g/mol. The fourth-order valence-electron chi connectivity index (χ4n) is 2.07. The van der Waals surface area contributed by atoms with Gasteiger partial charge in [-0.25, -0.2) is 9.97 Å². The molecule has 2 aromatic rings. The van der Waals surface area contributed by atoms with E-state index >= 15 is 0 Å². The van der Waals surface area contributed by atoms with E-state index in [-0.39, 0.29) is 23.0 Å². The first-order valence-corrected chi connectivity index (χ1v) is 5.99. The Bertz CT molecular complexity index is 703. The second kappa shape index (κ2) is 5.61. The summed E-state index contributed by atoms with van der Waals surface area (Å²) in [5.74, 6) is 0.748. The van der Waals surface area contributed by atoms with Gasteiger partial charge in [0.1, 0.15) is 5.69 Å². The van der Waals surface area contributed by atoms with E-state index < -0.39 is 4.92 Å². The molecule has 0 amide bonds. The highest BCUT2D eigenvalue weighted by atomic mass is 16.6. The number of rotatable bonds is 4. The van der Waals surface area contributed by atoms with Crippen molar-refractivity contribution in [1.82, 2.24) is 9.97 Å². The predicted octanol–water partition coefficient (Wildman–Crippen LogP) is 1.96. The quantitative estimate of drug-likeness (QED) is 0.676. The molecule has 8 nitrogen and oxygen atoms in total. The lowest BCUT2D eigenvalue weighted by atomic mass is 10.1. The zero-order valence-corrected chi connectivity index (χ0v) is 11.8. The molecule has 0 unspecified atom stereocenters. The van der Waals surface area contributed by atoms with Gasteiger partial charge in [0.15, 0.2) is 17.2 Å². The minimum absolute atomic E-state index is 0.0435. The number of nitrogens with zero attached hydrogens (tertiary/aromatic N) is 3. The van der Waals surface area contributed by atoms with Crippen LogP contribution in [0, 0.1) is 17.0 Å². The summed E-state index contributed by atoms with van der Waals surface area (Å²) in [5.41, 5.74) is 6.10. The molecule has 110 valence electrons. The third kappa shape index (κ3) is 2.55. The fraction of sp³-hybridized carbons (Fsp3) is 0.231. The summed E-state index contributed by atoms with van der Waals surface area (Å²) >= 11 is 0. The number of nitrogens with two attached hydrogens (primary N) is 1. The number of benzene rings is 1. The van der Waals surface area contributed by atoms with Crippen LogP contribution in [0.15, 0.2) is 18.2 Å². The summed E-state index contributed by atoms with van der Waals surface area (Å²) in [4.78, 5) is 18.6. The molecule has 0 bridgehead atoms. The fourth-order valence-corrected chi connectivity index (χ4v) is 2.07. The molecular formula is C13H14N4O4. The Kier molecular flexibility index (Phi) is 3.88. The zero-order valence-electron chi connectivity index (χ0n) is 11.8. The second-order valence-electron chi connectivity index (χ2n) is 4.16. The van der Waals surface area contributed by atoms with Gasteiger partial charge in [0.2, 0.25) is 5.95 Å². The smallest absolute Gasteiger partial charge is 0.316 e. The van der Waals surface area contributed by atoms with E-state index in [2.05, 4.69) is 9.97 Å². The first kappa shape index (κ1) is 14.5. The van der Waals surface area contributed by atoms with Gasteiger partial charge in [-0.1, -0.05) is 6.07 Å². The topological polar surface area (TPSA) is 113 Å². The van der Waals surface area contributed by atoms with Crippen LogP contribution >= 0.6 is 0 Å². The van der Waals surface area contributed by atoms with Crippen LogP contribution in [-0.2, 0) is 0 Å². The van der Waals surface area contributed by atoms with E-state index in [0.717, 1.165) is 0 Å². The molecule has 21 heavy (non-hydrogen) atoms. The number of hydrogen-bond acceptors (Lipinski definition) is 7. The normalized spacial score (nSPS) is 10.2. The van der Waals surface area contributed by atoms with E-state index in [1.54, 1.807) is 18.2 Å². The molecule has 1 aromatic carbocycles. The summed E-state index contributed by atoms with van der Waals surface area (Å²) < 4.78 is 10.5. The summed E-state index contributed by atoms with van der Waals surface area (Å²) in [6.45, 7) is 1.51. The van der Waals surface area contributed by atoms with Gasteiger partial charge in [-0.05, 0) is 19.1 Å². The van der Waals surface area contributed by atoms with Crippen LogP contribution in [0.3, 0.4) is 0 Å². The lowest BCUT2D eigenvalue weighted by Gasteiger charge is -2.13. The zero-order chi connectivity index (χ0) is 15.6. The molecule has 2 N–H and O–H groups in total. The number of anilines is 1. The van der Waals surface area contributed by atoms with Crippen LogP contribution in [0.2, 0.25) is 0 Å². The van der Waals surface area contributed by atoms with Crippen molar-refractivity contribution in [2.45, 2.75) is 6.92 Å². The molecule has 0 spiro atoms. The molecule has 8 heteroatoms. The van der Waals surface area contributed by atoms with Gasteiger partial charge in [0.05, 0.1) is 24.7 Å². The number of aromatic nitrogens is 2. The summed E-state index contributed by atoms with van der Waals surface area (Å²) in [5, 5.41) is 11.3. The van der Waals surface area contributed by atoms with E-state index in [1.807, 2.05) is 0 Å². The van der Waals surface area contributed by atoms with Crippen molar-refractivity contribution >= 4 is 11.6 Å². The Labute approximate surface area is 120 Å². The van der Waals surface area contributed by atoms with Crippen molar-refractivity contribution < 1.29 is 14.4 Å².